The minimum Gasteiger partial charge on any atom is -0.369 e. The van der Waals surface area contributed by atoms with Crippen LogP contribution in [0, 0.1) is 17.5 Å². The molecular weight excluding hydrogens is 517 g/mol. The molecular formula is C31H25F3N4O2. The molecule has 0 aliphatic carbocycles. The third-order valence-electron chi connectivity index (χ3n) is 6.81. The third kappa shape index (κ3) is 5.05. The van der Waals surface area contributed by atoms with Gasteiger partial charge in [0.15, 0.2) is 11.5 Å². The van der Waals surface area contributed by atoms with Gasteiger partial charge in [-0.3, -0.25) is 14.5 Å². The van der Waals surface area contributed by atoms with Gasteiger partial charge in [0.1, 0.15) is 17.5 Å². The van der Waals surface area contributed by atoms with Crippen molar-refractivity contribution >= 4 is 17.8 Å². The largest absolute Gasteiger partial charge is 0.369 e. The number of carbonyl (C=O) groups excluding carboxylic acids is 2. The second kappa shape index (κ2) is 10.7. The lowest BCUT2D eigenvalue weighted by atomic mass is 9.82. The Balaban J connectivity index is 1.42. The molecule has 0 atom stereocenters. The van der Waals surface area contributed by atoms with Crippen molar-refractivity contribution in [3.05, 3.63) is 142 Å². The Bertz CT molecular complexity index is 1560. The number of amides is 2. The van der Waals surface area contributed by atoms with Crippen molar-refractivity contribution in [2.24, 2.45) is 10.7 Å². The molecule has 2 N–H and O–H groups in total. The fourth-order valence-corrected chi connectivity index (χ4v) is 4.84. The van der Waals surface area contributed by atoms with Crippen molar-refractivity contribution in [3.8, 4) is 0 Å². The molecule has 1 heterocycles. The molecule has 0 radical (unpaired) electrons. The summed E-state index contributed by atoms with van der Waals surface area (Å²) < 4.78 is 41.0. The normalized spacial score (nSPS) is 14.2. The van der Waals surface area contributed by atoms with E-state index < -0.39 is 23.1 Å². The summed E-state index contributed by atoms with van der Waals surface area (Å²) in [5.41, 5.74) is 7.03. The number of halogens is 3. The lowest BCUT2D eigenvalue weighted by molar-refractivity contribution is -0.130. The van der Waals surface area contributed by atoms with Crippen LogP contribution in [0.25, 0.3) is 0 Å². The SMILES string of the molecule is CN(Cc1cccc(F)c1)C(=O)c1cccc(CN2C(=O)C(c3ccc(F)cc3)(c3ccc(F)cc3)N=C2N)c1. The number of nitrogens with zero attached hydrogens (tertiary/aromatic N) is 3. The van der Waals surface area contributed by atoms with Gasteiger partial charge in [0.25, 0.3) is 11.8 Å². The van der Waals surface area contributed by atoms with Gasteiger partial charge in [-0.2, -0.15) is 0 Å². The van der Waals surface area contributed by atoms with E-state index in [1.807, 2.05) is 0 Å². The molecule has 40 heavy (non-hydrogen) atoms. The predicted molar refractivity (Wildman–Crippen MR) is 144 cm³/mol. The van der Waals surface area contributed by atoms with Crippen LogP contribution in [0.1, 0.15) is 32.6 Å². The van der Waals surface area contributed by atoms with E-state index in [1.54, 1.807) is 43.4 Å². The van der Waals surface area contributed by atoms with E-state index in [1.165, 1.54) is 70.5 Å². The number of hydrogen-bond acceptors (Lipinski definition) is 4. The molecule has 0 unspecified atom stereocenters. The van der Waals surface area contributed by atoms with E-state index in [0.717, 1.165) is 0 Å². The van der Waals surface area contributed by atoms with Gasteiger partial charge in [-0.1, -0.05) is 48.5 Å². The Morgan fingerprint density at radius 1 is 0.825 bits per heavy atom. The molecule has 202 valence electrons. The van der Waals surface area contributed by atoms with Gasteiger partial charge in [-0.25, -0.2) is 18.2 Å². The van der Waals surface area contributed by atoms with Crippen molar-refractivity contribution in [2.75, 3.05) is 7.05 Å². The standard InChI is InChI=1S/C31H25F3N4O2/c1-37(18-21-5-3-7-27(34)17-21)28(39)22-6-2-4-20(16-22)19-38-29(40)31(36-30(38)35,23-8-12-25(32)13-9-23)24-10-14-26(33)15-11-24/h2-17H,18-19H2,1H3,(H2,35,36). The molecule has 9 heteroatoms. The Morgan fingerprint density at radius 2 is 1.40 bits per heavy atom. The Morgan fingerprint density at radius 3 is 2.00 bits per heavy atom. The zero-order chi connectivity index (χ0) is 28.4. The quantitative estimate of drug-likeness (QED) is 0.358. The maximum absolute atomic E-state index is 14.0. The number of benzene rings is 4. The first-order valence-corrected chi connectivity index (χ1v) is 12.5. The second-order valence-electron chi connectivity index (χ2n) is 9.58. The van der Waals surface area contributed by atoms with Crippen LogP contribution in [0.3, 0.4) is 0 Å². The van der Waals surface area contributed by atoms with Gasteiger partial charge >= 0.3 is 0 Å². The van der Waals surface area contributed by atoms with Gasteiger partial charge in [0, 0.05) is 19.2 Å². The monoisotopic (exact) mass is 542 g/mol. The fourth-order valence-electron chi connectivity index (χ4n) is 4.84. The summed E-state index contributed by atoms with van der Waals surface area (Å²) in [4.78, 5) is 34.4. The Hall–Kier alpha value is -4.92. The maximum atomic E-state index is 14.0. The number of carbonyl (C=O) groups is 2. The Labute approximate surface area is 229 Å². The van der Waals surface area contributed by atoms with Gasteiger partial charge in [-0.15, -0.1) is 0 Å². The van der Waals surface area contributed by atoms with Gasteiger partial charge < -0.3 is 10.6 Å². The average molecular weight is 543 g/mol. The summed E-state index contributed by atoms with van der Waals surface area (Å²) in [7, 11) is 1.62. The van der Waals surface area contributed by atoms with Crippen molar-refractivity contribution < 1.29 is 22.8 Å². The van der Waals surface area contributed by atoms with Crippen LogP contribution >= 0.6 is 0 Å². The summed E-state index contributed by atoms with van der Waals surface area (Å²) in [5.74, 6) is -2.20. The van der Waals surface area contributed by atoms with Crippen molar-refractivity contribution in [3.63, 3.8) is 0 Å². The molecule has 1 aliphatic rings. The number of aliphatic imine (C=N–C) groups is 1. The molecule has 0 bridgehead atoms. The molecule has 0 spiro atoms. The first kappa shape index (κ1) is 26.7. The minimum absolute atomic E-state index is 0.00698. The van der Waals surface area contributed by atoms with Crippen LogP contribution in [-0.4, -0.2) is 34.6 Å². The summed E-state index contributed by atoms with van der Waals surface area (Å²) >= 11 is 0. The van der Waals surface area contributed by atoms with E-state index in [9.17, 15) is 22.8 Å². The molecule has 2 amide bonds. The van der Waals surface area contributed by atoms with Crippen molar-refractivity contribution in [1.29, 1.82) is 0 Å². The highest BCUT2D eigenvalue weighted by Crippen LogP contribution is 2.40. The number of rotatable bonds is 7. The van der Waals surface area contributed by atoms with Gasteiger partial charge in [0.05, 0.1) is 6.54 Å². The summed E-state index contributed by atoms with van der Waals surface area (Å²) in [5, 5.41) is 0. The third-order valence-corrected chi connectivity index (χ3v) is 6.81. The fraction of sp³-hybridized carbons (Fsp3) is 0.129. The van der Waals surface area contributed by atoms with Crippen LogP contribution < -0.4 is 5.73 Å². The smallest absolute Gasteiger partial charge is 0.266 e. The first-order valence-electron chi connectivity index (χ1n) is 12.5. The molecule has 4 aromatic carbocycles. The molecule has 4 aromatic rings. The van der Waals surface area contributed by atoms with Crippen LogP contribution in [0.15, 0.2) is 102 Å². The average Bonchev–Trinajstić information content (AvgIpc) is 3.19. The predicted octanol–water partition coefficient (Wildman–Crippen LogP) is 4.98. The first-order chi connectivity index (χ1) is 19.2. The molecule has 5 rings (SSSR count). The summed E-state index contributed by atoms with van der Waals surface area (Å²) in [6.45, 7) is 0.218. The number of guanidine groups is 1. The number of hydrogen-bond donors (Lipinski definition) is 1. The molecule has 0 aromatic heterocycles. The zero-order valence-electron chi connectivity index (χ0n) is 21.5. The summed E-state index contributed by atoms with van der Waals surface area (Å²) in [6.07, 6.45) is 0. The van der Waals surface area contributed by atoms with E-state index in [-0.39, 0.29) is 30.8 Å². The van der Waals surface area contributed by atoms with Crippen LogP contribution in [-0.2, 0) is 23.4 Å². The minimum atomic E-state index is -1.63. The van der Waals surface area contributed by atoms with Gasteiger partial charge in [-0.05, 0) is 70.8 Å². The maximum Gasteiger partial charge on any atom is 0.266 e. The van der Waals surface area contributed by atoms with Crippen LogP contribution in [0.4, 0.5) is 13.2 Å². The molecule has 6 nitrogen and oxygen atoms in total. The van der Waals surface area contributed by atoms with E-state index in [0.29, 0.717) is 27.8 Å². The number of nitrogens with two attached hydrogens (primary N) is 1. The molecule has 1 aliphatic heterocycles. The van der Waals surface area contributed by atoms with E-state index >= 15 is 0 Å². The van der Waals surface area contributed by atoms with Gasteiger partial charge in [0.2, 0.25) is 0 Å². The Kier molecular flexibility index (Phi) is 7.13. The lowest BCUT2D eigenvalue weighted by Crippen LogP contribution is -2.43. The topological polar surface area (TPSA) is 79.0 Å². The van der Waals surface area contributed by atoms with Crippen LogP contribution in [0.5, 0.6) is 0 Å². The zero-order valence-corrected chi connectivity index (χ0v) is 21.5. The van der Waals surface area contributed by atoms with E-state index in [2.05, 4.69) is 4.99 Å². The van der Waals surface area contributed by atoms with Crippen molar-refractivity contribution in [1.82, 2.24) is 9.80 Å². The molecule has 0 saturated carbocycles. The highest BCUT2D eigenvalue weighted by atomic mass is 19.1. The second-order valence-corrected chi connectivity index (χ2v) is 9.58. The van der Waals surface area contributed by atoms with E-state index in [4.69, 9.17) is 5.73 Å². The molecule has 0 fully saturated rings. The lowest BCUT2D eigenvalue weighted by Gasteiger charge is -2.27. The van der Waals surface area contributed by atoms with Crippen LogP contribution in [0.2, 0.25) is 0 Å². The van der Waals surface area contributed by atoms with Crippen molar-refractivity contribution in [2.45, 2.75) is 18.6 Å². The highest BCUT2D eigenvalue weighted by Gasteiger charge is 2.50. The highest BCUT2D eigenvalue weighted by molar-refractivity contribution is 6.09. The molecule has 0 saturated heterocycles. The summed E-state index contributed by atoms with van der Waals surface area (Å²) in [6, 6.07) is 23.5.